The van der Waals surface area contributed by atoms with Crippen LogP contribution in [0.4, 0.5) is 0 Å². The van der Waals surface area contributed by atoms with Crippen LogP contribution in [-0.2, 0) is 16.3 Å². The first-order valence-electron chi connectivity index (χ1n) is 2.80. The minimum atomic E-state index is -0.783. The summed E-state index contributed by atoms with van der Waals surface area (Å²) in [5.74, 6) is 1.14. The van der Waals surface area contributed by atoms with Crippen molar-refractivity contribution in [2.75, 3.05) is 11.5 Å². The second kappa shape index (κ2) is 2.71. The Morgan fingerprint density at radius 1 is 1.62 bits per heavy atom. The van der Waals surface area contributed by atoms with Crippen LogP contribution in [0, 0.1) is 0 Å². The Hall–Kier alpha value is 0.270. The van der Waals surface area contributed by atoms with E-state index < -0.39 is 17.3 Å². The van der Waals surface area contributed by atoms with Crippen LogP contribution in [-0.4, -0.2) is 22.2 Å². The van der Waals surface area contributed by atoms with E-state index in [9.17, 15) is 9.66 Å². The zero-order valence-corrected chi connectivity index (χ0v) is 5.45. The highest BCUT2D eigenvalue weighted by molar-refractivity contribution is 7.91. The first kappa shape index (κ1) is 6.39. The van der Waals surface area contributed by atoms with Gasteiger partial charge >= 0.3 is 0 Å². The van der Waals surface area contributed by atoms with Gasteiger partial charge in [-0.05, 0) is 12.8 Å². The summed E-state index contributed by atoms with van der Waals surface area (Å²) in [5.41, 5.74) is 0. The van der Waals surface area contributed by atoms with Crippen molar-refractivity contribution in [2.24, 2.45) is 0 Å². The molecule has 0 bridgehead atoms. The van der Waals surface area contributed by atoms with Crippen molar-refractivity contribution >= 4 is 11.2 Å². The highest BCUT2D eigenvalue weighted by Crippen LogP contribution is 2.11. The molecule has 8 heavy (non-hydrogen) atoms. The van der Waals surface area contributed by atoms with E-state index in [4.69, 9.17) is 0 Å². The van der Waals surface area contributed by atoms with Crippen LogP contribution in [0.1, 0.15) is 12.8 Å². The van der Waals surface area contributed by atoms with Gasteiger partial charge in [-0.1, -0.05) is 11.2 Å². The van der Waals surface area contributed by atoms with Crippen LogP contribution in [0.3, 0.4) is 0 Å². The molecule has 0 spiro atoms. The Morgan fingerprint density at radius 3 is 2.75 bits per heavy atom. The number of rotatable bonds is 0. The summed E-state index contributed by atoms with van der Waals surface area (Å²) < 4.78 is 10.6. The summed E-state index contributed by atoms with van der Waals surface area (Å²) in [7, 11) is 0. The molecular weight excluding hydrogens is 124 g/mol. The van der Waals surface area contributed by atoms with Gasteiger partial charge in [-0.25, -0.2) is 5.11 Å². The molecule has 0 aliphatic carbocycles. The predicted octanol–water partition coefficient (Wildman–Crippen LogP) is 0.328. The van der Waals surface area contributed by atoms with Gasteiger partial charge in [-0.15, -0.1) is 0 Å². The SMILES string of the molecule is [O]C1CCC[S+]([O-])C1. The molecule has 1 saturated heterocycles. The monoisotopic (exact) mass is 133 g/mol. The fourth-order valence-corrected chi connectivity index (χ4v) is 2.08. The Bertz CT molecular complexity index is 68.8. The zero-order chi connectivity index (χ0) is 5.98. The first-order chi connectivity index (χ1) is 3.79. The van der Waals surface area contributed by atoms with E-state index in [1.807, 2.05) is 0 Å². The average molecular weight is 133 g/mol. The van der Waals surface area contributed by atoms with E-state index in [-0.39, 0.29) is 0 Å². The molecule has 0 N–H and O–H groups in total. The predicted molar refractivity (Wildman–Crippen MR) is 31.6 cm³/mol. The molecule has 0 aromatic carbocycles. The molecule has 2 nitrogen and oxygen atoms in total. The van der Waals surface area contributed by atoms with E-state index in [1.165, 1.54) is 0 Å². The molecular formula is C5H9O2S. The molecule has 0 aromatic heterocycles. The van der Waals surface area contributed by atoms with E-state index >= 15 is 0 Å². The molecule has 0 saturated carbocycles. The minimum absolute atomic E-state index is 0.389. The van der Waals surface area contributed by atoms with Crippen molar-refractivity contribution in [1.82, 2.24) is 0 Å². The summed E-state index contributed by atoms with van der Waals surface area (Å²) in [6.07, 6.45) is 1.05. The molecule has 1 radical (unpaired) electrons. The molecule has 0 aromatic rings. The van der Waals surface area contributed by atoms with Gasteiger partial charge in [-0.3, -0.25) is 0 Å². The highest BCUT2D eigenvalue weighted by Gasteiger charge is 2.21. The third-order valence-electron chi connectivity index (χ3n) is 1.27. The minimum Gasteiger partial charge on any atom is -0.616 e. The molecule has 1 aliphatic heterocycles. The van der Waals surface area contributed by atoms with Gasteiger partial charge in [0.05, 0.1) is 0 Å². The summed E-state index contributed by atoms with van der Waals surface area (Å²) in [6.45, 7) is 0. The van der Waals surface area contributed by atoms with Crippen molar-refractivity contribution in [2.45, 2.75) is 18.9 Å². The summed E-state index contributed by atoms with van der Waals surface area (Å²) in [4.78, 5) is 0. The topological polar surface area (TPSA) is 43.0 Å². The average Bonchev–Trinajstić information content (AvgIpc) is 1.64. The molecule has 2 atom stereocenters. The van der Waals surface area contributed by atoms with Crippen molar-refractivity contribution in [1.29, 1.82) is 0 Å². The Balaban J connectivity index is 2.23. The second-order valence-corrected chi connectivity index (χ2v) is 3.70. The molecule has 1 heterocycles. The summed E-state index contributed by atoms with van der Waals surface area (Å²) >= 11 is -0.783. The smallest absolute Gasteiger partial charge is 0.137 e. The van der Waals surface area contributed by atoms with Gasteiger partial charge in [-0.2, -0.15) is 0 Å². The van der Waals surface area contributed by atoms with Crippen molar-refractivity contribution < 1.29 is 9.66 Å². The summed E-state index contributed by atoms with van der Waals surface area (Å²) in [5, 5.41) is 10.6. The fraction of sp³-hybridized carbons (Fsp3) is 1.00. The van der Waals surface area contributed by atoms with Gasteiger partial charge in [0.15, 0.2) is 0 Å². The van der Waals surface area contributed by atoms with Crippen molar-refractivity contribution in [3.63, 3.8) is 0 Å². The van der Waals surface area contributed by atoms with Gasteiger partial charge in [0.1, 0.15) is 17.6 Å². The van der Waals surface area contributed by atoms with Crippen LogP contribution in [0.2, 0.25) is 0 Å². The fourth-order valence-electron chi connectivity index (χ4n) is 0.846. The normalized spacial score (nSPS) is 39.8. The van der Waals surface area contributed by atoms with Gasteiger partial charge in [0.2, 0.25) is 0 Å². The molecule has 3 heteroatoms. The van der Waals surface area contributed by atoms with E-state index in [1.54, 1.807) is 0 Å². The summed E-state index contributed by atoms with van der Waals surface area (Å²) in [6, 6.07) is 0. The molecule has 1 fully saturated rings. The second-order valence-electron chi connectivity index (χ2n) is 2.07. The van der Waals surface area contributed by atoms with Crippen LogP contribution in [0.5, 0.6) is 0 Å². The lowest BCUT2D eigenvalue weighted by molar-refractivity contribution is 0.0963. The van der Waals surface area contributed by atoms with E-state index in [2.05, 4.69) is 0 Å². The third kappa shape index (κ3) is 1.65. The van der Waals surface area contributed by atoms with Crippen LogP contribution in [0.25, 0.3) is 0 Å². The number of hydrogen-bond acceptors (Lipinski definition) is 1. The largest absolute Gasteiger partial charge is 0.616 e. The standard InChI is InChI=1S/C5H9O2S/c6-5-2-1-3-8(7)4-5/h5H,1-4H2. The Morgan fingerprint density at radius 2 is 2.38 bits per heavy atom. The van der Waals surface area contributed by atoms with Gasteiger partial charge in [0, 0.05) is 0 Å². The Labute approximate surface area is 52.1 Å². The van der Waals surface area contributed by atoms with Gasteiger partial charge in [0.25, 0.3) is 0 Å². The number of hydrogen-bond donors (Lipinski definition) is 0. The molecule has 2 unspecified atom stereocenters. The first-order valence-corrected chi connectivity index (χ1v) is 4.28. The van der Waals surface area contributed by atoms with Crippen molar-refractivity contribution in [3.8, 4) is 0 Å². The molecule has 0 amide bonds. The Kier molecular flexibility index (Phi) is 2.16. The quantitative estimate of drug-likeness (QED) is 0.439. The molecule has 47 valence electrons. The third-order valence-corrected chi connectivity index (χ3v) is 2.76. The van der Waals surface area contributed by atoms with Crippen LogP contribution in [0.15, 0.2) is 0 Å². The zero-order valence-electron chi connectivity index (χ0n) is 4.63. The maximum Gasteiger partial charge on any atom is 0.137 e. The lowest BCUT2D eigenvalue weighted by Gasteiger charge is -2.18. The van der Waals surface area contributed by atoms with E-state index in [0.717, 1.165) is 18.6 Å². The van der Waals surface area contributed by atoms with E-state index in [0.29, 0.717) is 5.75 Å². The maximum atomic E-state index is 10.6. The highest BCUT2D eigenvalue weighted by atomic mass is 32.2. The lowest BCUT2D eigenvalue weighted by atomic mass is 10.2. The van der Waals surface area contributed by atoms with Crippen LogP contribution >= 0.6 is 0 Å². The van der Waals surface area contributed by atoms with Crippen molar-refractivity contribution in [3.05, 3.63) is 0 Å². The molecule has 1 rings (SSSR count). The van der Waals surface area contributed by atoms with Crippen LogP contribution < -0.4 is 0 Å². The molecule has 1 aliphatic rings. The maximum absolute atomic E-state index is 10.6. The van der Waals surface area contributed by atoms with Gasteiger partial charge < -0.3 is 4.55 Å². The lowest BCUT2D eigenvalue weighted by Crippen LogP contribution is -2.27.